The van der Waals surface area contributed by atoms with Crippen LogP contribution in [0.4, 0.5) is 16.2 Å². The molecule has 2 saturated heterocycles. The van der Waals surface area contributed by atoms with Crippen LogP contribution >= 0.6 is 0 Å². The average Bonchev–Trinajstić information content (AvgIpc) is 2.66. The number of nitrogens with one attached hydrogen (secondary N) is 2. The van der Waals surface area contributed by atoms with Crippen LogP contribution in [-0.2, 0) is 14.8 Å². The summed E-state index contributed by atoms with van der Waals surface area (Å²) in [5.41, 5.74) is 3.04. The minimum atomic E-state index is -3.39. The molecule has 2 amide bonds. The highest BCUT2D eigenvalue weighted by Crippen LogP contribution is 2.27. The molecule has 180 valence electrons. The molecule has 0 radical (unpaired) electrons. The van der Waals surface area contributed by atoms with E-state index < -0.39 is 14.8 Å². The summed E-state index contributed by atoms with van der Waals surface area (Å²) in [6, 6.07) is 5.71. The Kier molecular flexibility index (Phi) is 7.41. The lowest BCUT2D eigenvalue weighted by Crippen LogP contribution is -2.50. The standard InChI is InChI=1S/C23H38N4O4S/c1-16-13-20(7-8-21(16)27-14-17(2)31-18(3)15-27)24-22(28)26-11-9-19(10-12-26)25-32(29,30)23(4,5)6/h7-8,13,17-19,25H,9-12,14-15H2,1-6H3,(H,24,28). The smallest absolute Gasteiger partial charge is 0.321 e. The van der Waals surface area contributed by atoms with Gasteiger partial charge in [0.25, 0.3) is 0 Å². The van der Waals surface area contributed by atoms with Gasteiger partial charge in [-0.05, 0) is 78.1 Å². The molecular weight excluding hydrogens is 428 g/mol. The number of hydrogen-bond acceptors (Lipinski definition) is 5. The van der Waals surface area contributed by atoms with Crippen molar-refractivity contribution in [3.63, 3.8) is 0 Å². The Bertz CT molecular complexity index is 910. The van der Waals surface area contributed by atoms with Crippen molar-refractivity contribution in [2.45, 2.75) is 77.4 Å². The molecule has 0 spiro atoms. The van der Waals surface area contributed by atoms with E-state index in [0.717, 1.165) is 30.0 Å². The van der Waals surface area contributed by atoms with Crippen molar-refractivity contribution in [1.82, 2.24) is 9.62 Å². The summed E-state index contributed by atoms with van der Waals surface area (Å²) in [6.07, 6.45) is 1.59. The van der Waals surface area contributed by atoms with Gasteiger partial charge in [0.05, 0.1) is 17.0 Å². The summed E-state index contributed by atoms with van der Waals surface area (Å²) in [5.74, 6) is 0. The van der Waals surface area contributed by atoms with Crippen LogP contribution in [-0.4, -0.2) is 68.5 Å². The number of carbonyl (C=O) groups excluding carboxylic acids is 1. The lowest BCUT2D eigenvalue weighted by Gasteiger charge is -2.37. The topological polar surface area (TPSA) is 91.0 Å². The zero-order valence-electron chi connectivity index (χ0n) is 20.1. The van der Waals surface area contributed by atoms with E-state index >= 15 is 0 Å². The van der Waals surface area contributed by atoms with Gasteiger partial charge < -0.3 is 19.9 Å². The fourth-order valence-electron chi connectivity index (χ4n) is 4.26. The summed E-state index contributed by atoms with van der Waals surface area (Å²) in [7, 11) is -3.39. The van der Waals surface area contributed by atoms with Crippen molar-refractivity contribution in [2.75, 3.05) is 36.4 Å². The molecule has 2 aliphatic heterocycles. The molecule has 9 heteroatoms. The van der Waals surface area contributed by atoms with E-state index in [1.807, 2.05) is 12.1 Å². The van der Waals surface area contributed by atoms with Crippen LogP contribution in [0.2, 0.25) is 0 Å². The van der Waals surface area contributed by atoms with E-state index in [-0.39, 0.29) is 24.3 Å². The molecule has 2 aliphatic rings. The fraction of sp³-hybridized carbons (Fsp3) is 0.696. The lowest BCUT2D eigenvalue weighted by atomic mass is 10.1. The van der Waals surface area contributed by atoms with Crippen molar-refractivity contribution < 1.29 is 17.9 Å². The summed E-state index contributed by atoms with van der Waals surface area (Å²) >= 11 is 0. The Morgan fingerprint density at radius 3 is 2.22 bits per heavy atom. The predicted molar refractivity (Wildman–Crippen MR) is 129 cm³/mol. The van der Waals surface area contributed by atoms with Crippen molar-refractivity contribution in [2.24, 2.45) is 0 Å². The molecule has 3 rings (SSSR count). The van der Waals surface area contributed by atoms with E-state index in [1.165, 1.54) is 0 Å². The Morgan fingerprint density at radius 2 is 1.69 bits per heavy atom. The summed E-state index contributed by atoms with van der Waals surface area (Å²) < 4.78 is 32.5. The van der Waals surface area contributed by atoms with Crippen LogP contribution in [0.25, 0.3) is 0 Å². The van der Waals surface area contributed by atoms with Gasteiger partial charge in [0, 0.05) is 43.6 Å². The highest BCUT2D eigenvalue weighted by atomic mass is 32.2. The molecule has 2 heterocycles. The minimum Gasteiger partial charge on any atom is -0.372 e. The van der Waals surface area contributed by atoms with Crippen LogP contribution < -0.4 is 14.9 Å². The third kappa shape index (κ3) is 5.94. The monoisotopic (exact) mass is 466 g/mol. The number of urea groups is 1. The normalized spacial score (nSPS) is 23.3. The largest absolute Gasteiger partial charge is 0.372 e. The Balaban J connectivity index is 1.55. The highest BCUT2D eigenvalue weighted by molar-refractivity contribution is 7.90. The number of benzene rings is 1. The number of amides is 2. The van der Waals surface area contributed by atoms with Gasteiger partial charge in [-0.3, -0.25) is 0 Å². The number of piperidine rings is 1. The van der Waals surface area contributed by atoms with E-state index in [4.69, 9.17) is 4.74 Å². The van der Waals surface area contributed by atoms with Crippen LogP contribution in [0.1, 0.15) is 53.0 Å². The first-order chi connectivity index (χ1) is 14.9. The molecule has 0 bridgehead atoms. The molecule has 0 saturated carbocycles. The number of aryl methyl sites for hydroxylation is 1. The number of carbonyl (C=O) groups is 1. The van der Waals surface area contributed by atoms with Gasteiger partial charge in [0.2, 0.25) is 10.0 Å². The van der Waals surface area contributed by atoms with Crippen molar-refractivity contribution >= 4 is 27.4 Å². The van der Waals surface area contributed by atoms with Crippen LogP contribution in [0.3, 0.4) is 0 Å². The molecule has 2 N–H and O–H groups in total. The van der Waals surface area contributed by atoms with Crippen LogP contribution in [0, 0.1) is 6.92 Å². The van der Waals surface area contributed by atoms with Crippen molar-refractivity contribution in [1.29, 1.82) is 0 Å². The number of anilines is 2. The molecule has 8 nitrogen and oxygen atoms in total. The third-order valence-electron chi connectivity index (χ3n) is 6.12. The minimum absolute atomic E-state index is 0.136. The zero-order valence-corrected chi connectivity index (χ0v) is 21.0. The second kappa shape index (κ2) is 9.57. The number of rotatable bonds is 4. The first-order valence-electron chi connectivity index (χ1n) is 11.4. The number of sulfonamides is 1. The molecule has 0 aliphatic carbocycles. The number of morpholine rings is 1. The third-order valence-corrected chi connectivity index (χ3v) is 8.37. The Hall–Kier alpha value is -1.84. The number of likely N-dealkylation sites (tertiary alicyclic amines) is 1. The molecule has 2 atom stereocenters. The molecule has 2 unspecified atom stereocenters. The number of ether oxygens (including phenoxy) is 1. The summed E-state index contributed by atoms with van der Waals surface area (Å²) in [6.45, 7) is 14.0. The van der Waals surface area contributed by atoms with Gasteiger partial charge in [-0.25, -0.2) is 17.9 Å². The van der Waals surface area contributed by atoms with Crippen LogP contribution in [0.15, 0.2) is 18.2 Å². The average molecular weight is 467 g/mol. The van der Waals surface area contributed by atoms with Gasteiger partial charge in [0.1, 0.15) is 0 Å². The maximum absolute atomic E-state index is 12.8. The van der Waals surface area contributed by atoms with E-state index in [1.54, 1.807) is 25.7 Å². The van der Waals surface area contributed by atoms with E-state index in [2.05, 4.69) is 41.8 Å². The molecule has 1 aromatic carbocycles. The molecular formula is C23H38N4O4S. The second-order valence-electron chi connectivity index (χ2n) is 10.1. The maximum atomic E-state index is 12.8. The van der Waals surface area contributed by atoms with Gasteiger partial charge >= 0.3 is 6.03 Å². The van der Waals surface area contributed by atoms with Crippen molar-refractivity contribution in [3.8, 4) is 0 Å². The zero-order chi connectivity index (χ0) is 23.7. The molecule has 32 heavy (non-hydrogen) atoms. The first kappa shape index (κ1) is 24.8. The maximum Gasteiger partial charge on any atom is 0.321 e. The fourth-order valence-corrected chi connectivity index (χ4v) is 5.29. The first-order valence-corrected chi connectivity index (χ1v) is 12.9. The lowest BCUT2D eigenvalue weighted by molar-refractivity contribution is -0.00524. The quantitative estimate of drug-likeness (QED) is 0.710. The summed E-state index contributed by atoms with van der Waals surface area (Å²) in [4.78, 5) is 16.8. The van der Waals surface area contributed by atoms with E-state index in [0.29, 0.717) is 25.9 Å². The molecule has 2 fully saturated rings. The van der Waals surface area contributed by atoms with Crippen LogP contribution in [0.5, 0.6) is 0 Å². The van der Waals surface area contributed by atoms with E-state index in [9.17, 15) is 13.2 Å². The van der Waals surface area contributed by atoms with Gasteiger partial charge in [-0.2, -0.15) is 0 Å². The van der Waals surface area contributed by atoms with Crippen molar-refractivity contribution in [3.05, 3.63) is 23.8 Å². The predicted octanol–water partition coefficient (Wildman–Crippen LogP) is 3.32. The molecule has 0 aromatic heterocycles. The highest BCUT2D eigenvalue weighted by Gasteiger charge is 2.33. The Labute approximate surface area is 192 Å². The SMILES string of the molecule is Cc1cc(NC(=O)N2CCC(NS(=O)(=O)C(C)(C)C)CC2)ccc1N1CC(C)OC(C)C1. The second-order valence-corrected chi connectivity index (χ2v) is 12.6. The van der Waals surface area contributed by atoms with Gasteiger partial charge in [0.15, 0.2) is 0 Å². The number of nitrogens with zero attached hydrogens (tertiary/aromatic N) is 2. The molecule has 1 aromatic rings. The number of hydrogen-bond donors (Lipinski definition) is 2. The van der Waals surface area contributed by atoms with Gasteiger partial charge in [-0.1, -0.05) is 0 Å². The summed E-state index contributed by atoms with van der Waals surface area (Å²) in [5, 5.41) is 2.99. The van der Waals surface area contributed by atoms with Gasteiger partial charge in [-0.15, -0.1) is 0 Å². The Morgan fingerprint density at radius 1 is 1.09 bits per heavy atom.